The van der Waals surface area contributed by atoms with E-state index >= 15 is 0 Å². The highest BCUT2D eigenvalue weighted by molar-refractivity contribution is 5.87. The minimum absolute atomic E-state index is 0.596. The van der Waals surface area contributed by atoms with E-state index in [1.54, 1.807) is 7.11 Å². The number of aromatic nitrogens is 5. The van der Waals surface area contributed by atoms with Gasteiger partial charge in [0.15, 0.2) is 0 Å². The average Bonchev–Trinajstić information content (AvgIpc) is 3.35. The number of hydrogen-bond acceptors (Lipinski definition) is 4. The summed E-state index contributed by atoms with van der Waals surface area (Å²) in [6, 6.07) is 12.3. The summed E-state index contributed by atoms with van der Waals surface area (Å²) in [5, 5.41) is 8.22. The van der Waals surface area contributed by atoms with Crippen molar-refractivity contribution in [2.24, 2.45) is 0 Å². The van der Waals surface area contributed by atoms with Crippen LogP contribution in [0.5, 0.6) is 5.88 Å². The summed E-state index contributed by atoms with van der Waals surface area (Å²) in [6.45, 7) is 0. The Balaban J connectivity index is 1.71. The Morgan fingerprint density at radius 2 is 1.88 bits per heavy atom. The fourth-order valence-electron chi connectivity index (χ4n) is 3.20. The topological polar surface area (TPSA) is 68.1 Å². The van der Waals surface area contributed by atoms with Crippen LogP contribution in [0.2, 0.25) is 0 Å². The molecule has 0 amide bonds. The number of nitrogens with one attached hydrogen (secondary N) is 1. The average molecular weight is 341 g/mol. The van der Waals surface area contributed by atoms with Gasteiger partial charge >= 0.3 is 0 Å². The van der Waals surface area contributed by atoms with Gasteiger partial charge in [0, 0.05) is 35.0 Å². The molecule has 0 radical (unpaired) electrons. The van der Waals surface area contributed by atoms with E-state index in [0.717, 1.165) is 38.7 Å². The van der Waals surface area contributed by atoms with E-state index in [1.807, 2.05) is 41.5 Å². The maximum atomic E-state index is 5.17. The summed E-state index contributed by atoms with van der Waals surface area (Å²) in [4.78, 5) is 8.64. The first kappa shape index (κ1) is 14.7. The molecule has 0 aliphatic carbocycles. The zero-order chi connectivity index (χ0) is 17.5. The number of aromatic amines is 1. The van der Waals surface area contributed by atoms with Crippen LogP contribution in [0.15, 0.2) is 67.5 Å². The lowest BCUT2D eigenvalue weighted by atomic mass is 10.0. The maximum Gasteiger partial charge on any atom is 0.212 e. The zero-order valence-electron chi connectivity index (χ0n) is 14.0. The molecule has 0 spiro atoms. The standard InChI is InChI=1S/C20H15N5O/c1-26-20-5-4-14(8-22-20)17-6-16(11-25-12-21-10-19(17)25)13-2-3-15-9-23-24-18(15)7-13/h2-12H,1H3,(H,23,24). The van der Waals surface area contributed by atoms with Gasteiger partial charge in [-0.2, -0.15) is 5.10 Å². The van der Waals surface area contributed by atoms with Gasteiger partial charge in [0.1, 0.15) is 0 Å². The predicted molar refractivity (Wildman–Crippen MR) is 100 cm³/mol. The number of ether oxygens (including phenoxy) is 1. The molecule has 5 rings (SSSR count). The zero-order valence-corrected chi connectivity index (χ0v) is 14.0. The first-order chi connectivity index (χ1) is 12.8. The number of imidazole rings is 1. The molecule has 0 saturated carbocycles. The Kier molecular flexibility index (Phi) is 3.21. The van der Waals surface area contributed by atoms with Gasteiger partial charge in [0.25, 0.3) is 0 Å². The van der Waals surface area contributed by atoms with Crippen LogP contribution in [0.3, 0.4) is 0 Å². The lowest BCUT2D eigenvalue weighted by Gasteiger charge is -2.10. The number of H-pyrrole nitrogens is 1. The van der Waals surface area contributed by atoms with Gasteiger partial charge in [-0.05, 0) is 29.3 Å². The number of pyridine rings is 2. The molecule has 26 heavy (non-hydrogen) atoms. The van der Waals surface area contributed by atoms with Crippen LogP contribution in [0, 0.1) is 0 Å². The van der Waals surface area contributed by atoms with Crippen molar-refractivity contribution in [3.8, 4) is 28.1 Å². The summed E-state index contributed by atoms with van der Waals surface area (Å²) >= 11 is 0. The quantitative estimate of drug-likeness (QED) is 0.539. The van der Waals surface area contributed by atoms with Gasteiger partial charge < -0.3 is 9.14 Å². The SMILES string of the molecule is COc1ccc(-c2cc(-c3ccc4cn[nH]c4c3)cn3cncc23)cn1. The second-order valence-corrected chi connectivity index (χ2v) is 6.09. The summed E-state index contributed by atoms with van der Waals surface area (Å²) in [7, 11) is 1.61. The highest BCUT2D eigenvalue weighted by atomic mass is 16.5. The van der Waals surface area contributed by atoms with Gasteiger partial charge in [0.05, 0.1) is 36.9 Å². The van der Waals surface area contributed by atoms with Crippen molar-refractivity contribution in [1.29, 1.82) is 0 Å². The molecule has 126 valence electrons. The van der Waals surface area contributed by atoms with Gasteiger partial charge in [-0.3, -0.25) is 5.10 Å². The largest absolute Gasteiger partial charge is 0.481 e. The van der Waals surface area contributed by atoms with Crippen molar-refractivity contribution in [3.63, 3.8) is 0 Å². The highest BCUT2D eigenvalue weighted by Crippen LogP contribution is 2.31. The van der Waals surface area contributed by atoms with Crippen LogP contribution in [-0.4, -0.2) is 31.7 Å². The Bertz CT molecular complexity index is 1220. The van der Waals surface area contributed by atoms with Crippen LogP contribution < -0.4 is 4.74 Å². The first-order valence-corrected chi connectivity index (χ1v) is 8.21. The van der Waals surface area contributed by atoms with Crippen molar-refractivity contribution >= 4 is 16.4 Å². The van der Waals surface area contributed by atoms with Crippen LogP contribution in [0.4, 0.5) is 0 Å². The molecule has 0 unspecified atom stereocenters. The lowest BCUT2D eigenvalue weighted by Crippen LogP contribution is -1.92. The smallest absolute Gasteiger partial charge is 0.212 e. The van der Waals surface area contributed by atoms with Gasteiger partial charge in [0.2, 0.25) is 5.88 Å². The van der Waals surface area contributed by atoms with Crippen LogP contribution >= 0.6 is 0 Å². The fraction of sp³-hybridized carbons (Fsp3) is 0.0500. The molecule has 0 aliphatic rings. The minimum atomic E-state index is 0.596. The third-order valence-corrected chi connectivity index (χ3v) is 4.55. The van der Waals surface area contributed by atoms with E-state index in [1.165, 1.54) is 0 Å². The summed E-state index contributed by atoms with van der Waals surface area (Å²) in [5.74, 6) is 0.596. The Labute approximate surface area is 149 Å². The van der Waals surface area contributed by atoms with Gasteiger partial charge in [-0.25, -0.2) is 9.97 Å². The summed E-state index contributed by atoms with van der Waals surface area (Å²) < 4.78 is 7.20. The molecule has 1 aromatic carbocycles. The van der Waals surface area contributed by atoms with Crippen LogP contribution in [0.25, 0.3) is 38.7 Å². The van der Waals surface area contributed by atoms with Crippen molar-refractivity contribution in [1.82, 2.24) is 24.6 Å². The van der Waals surface area contributed by atoms with Crippen LogP contribution in [-0.2, 0) is 0 Å². The number of methoxy groups -OCH3 is 1. The molecule has 4 heterocycles. The Morgan fingerprint density at radius 3 is 2.73 bits per heavy atom. The molecule has 6 heteroatoms. The monoisotopic (exact) mass is 341 g/mol. The second kappa shape index (κ2) is 5.70. The van der Waals surface area contributed by atoms with Crippen LogP contribution in [0.1, 0.15) is 0 Å². The summed E-state index contributed by atoms with van der Waals surface area (Å²) in [6.07, 6.45) is 9.41. The molecule has 0 bridgehead atoms. The van der Waals surface area contributed by atoms with Gasteiger partial charge in [-0.1, -0.05) is 12.1 Å². The third-order valence-electron chi connectivity index (χ3n) is 4.55. The minimum Gasteiger partial charge on any atom is -0.481 e. The maximum absolute atomic E-state index is 5.17. The van der Waals surface area contributed by atoms with E-state index in [4.69, 9.17) is 4.74 Å². The normalized spacial score (nSPS) is 11.3. The van der Waals surface area contributed by atoms with E-state index in [-0.39, 0.29) is 0 Å². The lowest BCUT2D eigenvalue weighted by molar-refractivity contribution is 0.398. The number of fused-ring (bicyclic) bond motifs is 2. The van der Waals surface area contributed by atoms with E-state index in [2.05, 4.69) is 50.6 Å². The fourth-order valence-corrected chi connectivity index (χ4v) is 3.20. The van der Waals surface area contributed by atoms with Crippen molar-refractivity contribution < 1.29 is 4.74 Å². The molecule has 4 aromatic heterocycles. The van der Waals surface area contributed by atoms with E-state index < -0.39 is 0 Å². The molecule has 0 aliphatic heterocycles. The van der Waals surface area contributed by atoms with Crippen molar-refractivity contribution in [2.75, 3.05) is 7.11 Å². The third kappa shape index (κ3) is 2.31. The molecule has 0 atom stereocenters. The van der Waals surface area contributed by atoms with Crippen molar-refractivity contribution in [2.45, 2.75) is 0 Å². The number of hydrogen-bond donors (Lipinski definition) is 1. The predicted octanol–water partition coefficient (Wildman–Crippen LogP) is 3.95. The molecule has 5 aromatic rings. The number of benzene rings is 1. The molecule has 0 fully saturated rings. The highest BCUT2D eigenvalue weighted by Gasteiger charge is 2.10. The second-order valence-electron chi connectivity index (χ2n) is 6.09. The van der Waals surface area contributed by atoms with E-state index in [9.17, 15) is 0 Å². The van der Waals surface area contributed by atoms with E-state index in [0.29, 0.717) is 5.88 Å². The molecule has 6 nitrogen and oxygen atoms in total. The molecular weight excluding hydrogens is 326 g/mol. The van der Waals surface area contributed by atoms with Crippen molar-refractivity contribution in [3.05, 3.63) is 67.5 Å². The summed E-state index contributed by atoms with van der Waals surface area (Å²) in [5.41, 5.74) is 6.34. The number of rotatable bonds is 3. The number of nitrogens with zero attached hydrogens (tertiary/aromatic N) is 4. The molecule has 1 N–H and O–H groups in total. The Hall–Kier alpha value is -3.67. The molecular formula is C20H15N5O. The van der Waals surface area contributed by atoms with Gasteiger partial charge in [-0.15, -0.1) is 0 Å². The Morgan fingerprint density at radius 1 is 0.962 bits per heavy atom. The first-order valence-electron chi connectivity index (χ1n) is 8.21. The molecule has 0 saturated heterocycles.